The van der Waals surface area contributed by atoms with Crippen LogP contribution in [0.4, 0.5) is 5.69 Å². The van der Waals surface area contributed by atoms with Gasteiger partial charge in [-0.15, -0.1) is 0 Å². The summed E-state index contributed by atoms with van der Waals surface area (Å²) in [6.45, 7) is 2.16. The first-order valence-electron chi connectivity index (χ1n) is 10.3. The smallest absolute Gasteiger partial charge is 0.305 e. The average molecular weight is 485 g/mol. The predicted octanol–water partition coefficient (Wildman–Crippen LogP) is 3.35. The van der Waals surface area contributed by atoms with Crippen LogP contribution < -0.4 is 19.2 Å². The Bertz CT molecular complexity index is 1300. The highest BCUT2D eigenvalue weighted by molar-refractivity contribution is 8.00. The third kappa shape index (κ3) is 3.50. The number of imide groups is 1. The second kappa shape index (κ2) is 8.27. The molecule has 1 saturated heterocycles. The number of thiazole rings is 1. The van der Waals surface area contributed by atoms with Crippen LogP contribution in [-0.2, 0) is 9.59 Å². The van der Waals surface area contributed by atoms with Gasteiger partial charge in [-0.1, -0.05) is 29.2 Å². The second-order valence-corrected chi connectivity index (χ2v) is 9.79. The molecular weight excluding hydrogens is 464 g/mol. The summed E-state index contributed by atoms with van der Waals surface area (Å²) in [6, 6.07) is 11.6. The molecule has 2 amide bonds. The van der Waals surface area contributed by atoms with Crippen molar-refractivity contribution in [2.75, 3.05) is 18.6 Å². The molecule has 33 heavy (non-hydrogen) atoms. The van der Waals surface area contributed by atoms with Gasteiger partial charge in [-0.25, -0.2) is 4.90 Å². The number of aromatic amines is 1. The van der Waals surface area contributed by atoms with Gasteiger partial charge in [0.25, 0.3) is 0 Å². The number of amides is 2. The van der Waals surface area contributed by atoms with E-state index in [1.54, 1.807) is 50.4 Å². The van der Waals surface area contributed by atoms with Crippen LogP contribution in [0.5, 0.6) is 17.2 Å². The monoisotopic (exact) mass is 484 g/mol. The van der Waals surface area contributed by atoms with Crippen LogP contribution >= 0.6 is 23.1 Å². The Morgan fingerprint density at radius 2 is 1.85 bits per heavy atom. The molecule has 0 saturated carbocycles. The molecule has 5 rings (SSSR count). The van der Waals surface area contributed by atoms with Crippen LogP contribution in [0.3, 0.4) is 0 Å². The molecule has 8 nitrogen and oxygen atoms in total. The van der Waals surface area contributed by atoms with Crippen molar-refractivity contribution in [3.8, 4) is 17.2 Å². The number of rotatable bonds is 5. The number of hydrogen-bond acceptors (Lipinski definition) is 8. The molecule has 170 valence electrons. The largest absolute Gasteiger partial charge is 0.504 e. The molecule has 0 bridgehead atoms. The first-order chi connectivity index (χ1) is 15.9. The van der Waals surface area contributed by atoms with Gasteiger partial charge >= 0.3 is 4.87 Å². The van der Waals surface area contributed by atoms with E-state index in [9.17, 15) is 19.5 Å². The van der Waals surface area contributed by atoms with E-state index in [2.05, 4.69) is 4.98 Å². The number of carbonyl (C=O) groups excluding carboxylic acids is 2. The second-order valence-electron chi connectivity index (χ2n) is 7.62. The summed E-state index contributed by atoms with van der Waals surface area (Å²) in [7, 11) is 1.55. The fourth-order valence-corrected chi connectivity index (χ4v) is 6.87. The number of H-pyrrole nitrogens is 1. The Kier molecular flexibility index (Phi) is 5.41. The molecule has 3 heterocycles. The van der Waals surface area contributed by atoms with Gasteiger partial charge < -0.3 is 19.6 Å². The van der Waals surface area contributed by atoms with Gasteiger partial charge in [0.2, 0.25) is 11.8 Å². The zero-order valence-corrected chi connectivity index (χ0v) is 19.4. The lowest BCUT2D eigenvalue weighted by molar-refractivity contribution is -0.122. The highest BCUT2D eigenvalue weighted by Gasteiger charge is 2.56. The van der Waals surface area contributed by atoms with Crippen molar-refractivity contribution in [3.05, 3.63) is 62.6 Å². The Morgan fingerprint density at radius 1 is 1.09 bits per heavy atom. The summed E-state index contributed by atoms with van der Waals surface area (Å²) >= 11 is 2.26. The molecule has 0 spiro atoms. The number of thioether (sulfide) groups is 1. The van der Waals surface area contributed by atoms with E-state index in [0.29, 0.717) is 33.5 Å². The summed E-state index contributed by atoms with van der Waals surface area (Å²) in [5, 5.41) is 10.1. The maximum Gasteiger partial charge on any atom is 0.305 e. The van der Waals surface area contributed by atoms with Gasteiger partial charge in [0.1, 0.15) is 11.0 Å². The average Bonchev–Trinajstić information content (AvgIpc) is 3.30. The third-order valence-corrected chi connectivity index (χ3v) is 8.20. The third-order valence-electron chi connectivity index (χ3n) is 5.80. The van der Waals surface area contributed by atoms with Gasteiger partial charge in [0.05, 0.1) is 30.3 Å². The number of aromatic nitrogens is 1. The zero-order valence-electron chi connectivity index (χ0n) is 17.7. The fourth-order valence-electron chi connectivity index (χ4n) is 4.36. The molecule has 1 fully saturated rings. The minimum absolute atomic E-state index is 0.0153. The number of ether oxygens (including phenoxy) is 2. The summed E-state index contributed by atoms with van der Waals surface area (Å²) in [6.07, 6.45) is 0. The number of fused-ring (bicyclic) bond motifs is 2. The van der Waals surface area contributed by atoms with Crippen molar-refractivity contribution in [2.24, 2.45) is 5.92 Å². The predicted molar refractivity (Wildman–Crippen MR) is 125 cm³/mol. The van der Waals surface area contributed by atoms with Crippen LogP contribution in [-0.4, -0.2) is 40.9 Å². The van der Waals surface area contributed by atoms with Crippen molar-refractivity contribution in [2.45, 2.75) is 23.1 Å². The number of nitrogens with one attached hydrogen (secondary N) is 1. The van der Waals surface area contributed by atoms with Gasteiger partial charge in [-0.3, -0.25) is 14.4 Å². The molecular formula is C23H20N2O6S2. The lowest BCUT2D eigenvalue weighted by atomic mass is 9.83. The maximum atomic E-state index is 13.7. The Morgan fingerprint density at radius 3 is 2.55 bits per heavy atom. The fraction of sp³-hybridized carbons (Fsp3) is 0.261. The van der Waals surface area contributed by atoms with E-state index in [1.807, 2.05) is 0 Å². The van der Waals surface area contributed by atoms with Crippen LogP contribution in [0.15, 0.2) is 52.3 Å². The Balaban J connectivity index is 1.62. The molecule has 0 unspecified atom stereocenters. The molecule has 1 aromatic heterocycles. The normalized spacial score (nSPS) is 21.6. The van der Waals surface area contributed by atoms with Crippen molar-refractivity contribution in [1.29, 1.82) is 0 Å². The van der Waals surface area contributed by atoms with Crippen LogP contribution in [0.1, 0.15) is 23.3 Å². The van der Waals surface area contributed by atoms with Crippen molar-refractivity contribution in [1.82, 2.24) is 4.98 Å². The first-order valence-corrected chi connectivity index (χ1v) is 12.0. The number of phenolic OH excluding ortho intramolecular Hbond substituents is 1. The minimum Gasteiger partial charge on any atom is -0.504 e. The van der Waals surface area contributed by atoms with E-state index >= 15 is 0 Å². The van der Waals surface area contributed by atoms with Gasteiger partial charge in [-0.2, -0.15) is 0 Å². The van der Waals surface area contributed by atoms with Crippen molar-refractivity contribution >= 4 is 40.6 Å². The minimum atomic E-state index is -0.706. The number of anilines is 1. The van der Waals surface area contributed by atoms with Gasteiger partial charge in [0.15, 0.2) is 11.5 Å². The van der Waals surface area contributed by atoms with E-state index in [4.69, 9.17) is 9.47 Å². The number of phenols is 1. The standard InChI is InChI=1S/C23H20N2O6S2/c1-3-31-15-10-11(4-9-14(15)26)16-17-19(32-20-18(16)33-23(29)24-20)22(28)25(21(17)27)12-5-7-13(30-2)8-6-12/h4-10,16-17,19,26H,3H2,1-2H3,(H,24,29)/t16-,17-,19+/m0/s1. The molecule has 2 aliphatic rings. The number of hydrogen-bond donors (Lipinski definition) is 2. The topological polar surface area (TPSA) is 109 Å². The molecule has 2 aromatic carbocycles. The molecule has 10 heteroatoms. The summed E-state index contributed by atoms with van der Waals surface area (Å²) in [5.74, 6) is -1.000. The summed E-state index contributed by atoms with van der Waals surface area (Å²) < 4.78 is 10.7. The number of methoxy groups -OCH3 is 1. The Labute approximate surface area is 197 Å². The van der Waals surface area contributed by atoms with E-state index in [1.165, 1.54) is 22.7 Å². The van der Waals surface area contributed by atoms with E-state index in [-0.39, 0.29) is 28.2 Å². The van der Waals surface area contributed by atoms with Gasteiger partial charge in [-0.05, 0) is 48.9 Å². The van der Waals surface area contributed by atoms with Crippen LogP contribution in [0, 0.1) is 5.92 Å². The summed E-state index contributed by atoms with van der Waals surface area (Å²) in [5.41, 5.74) is 1.16. The highest BCUT2D eigenvalue weighted by atomic mass is 32.2. The molecule has 3 aromatic rings. The molecule has 2 aliphatic heterocycles. The lowest BCUT2D eigenvalue weighted by Gasteiger charge is -2.30. The van der Waals surface area contributed by atoms with Crippen molar-refractivity contribution < 1.29 is 24.2 Å². The molecule has 3 atom stereocenters. The first kappa shape index (κ1) is 21.6. The van der Waals surface area contributed by atoms with Crippen molar-refractivity contribution in [3.63, 3.8) is 0 Å². The number of nitrogens with zero attached hydrogens (tertiary/aromatic N) is 1. The quantitative estimate of drug-likeness (QED) is 0.535. The van der Waals surface area contributed by atoms with E-state index in [0.717, 1.165) is 11.3 Å². The number of carbonyl (C=O) groups is 2. The van der Waals surface area contributed by atoms with Gasteiger partial charge in [0, 0.05) is 10.8 Å². The van der Waals surface area contributed by atoms with Crippen LogP contribution in [0.2, 0.25) is 0 Å². The van der Waals surface area contributed by atoms with Crippen LogP contribution in [0.25, 0.3) is 0 Å². The summed E-state index contributed by atoms with van der Waals surface area (Å²) in [4.78, 5) is 43.8. The molecule has 0 aliphatic carbocycles. The maximum absolute atomic E-state index is 13.7. The number of aromatic hydroxyl groups is 1. The molecule has 2 N–H and O–H groups in total. The Hall–Kier alpha value is -3.24. The molecule has 0 radical (unpaired) electrons. The lowest BCUT2D eigenvalue weighted by Crippen LogP contribution is -2.32. The SMILES string of the molecule is CCOc1cc([C@@H]2c3sc(=O)[nH]c3S[C@H]3C(=O)N(c4ccc(OC)cc4)C(=O)[C@@H]23)ccc1O. The highest BCUT2D eigenvalue weighted by Crippen LogP contribution is 2.53. The number of benzene rings is 2. The zero-order chi connectivity index (χ0) is 23.3. The van der Waals surface area contributed by atoms with E-state index < -0.39 is 17.1 Å².